The predicted octanol–water partition coefficient (Wildman–Crippen LogP) is 1.84. The summed E-state index contributed by atoms with van der Waals surface area (Å²) in [5.74, 6) is 0.604. The summed E-state index contributed by atoms with van der Waals surface area (Å²) in [6, 6.07) is 13.8. The number of carbonyl (C=O) groups is 1. The van der Waals surface area contributed by atoms with Crippen LogP contribution in [0, 0.1) is 0 Å². The van der Waals surface area contributed by atoms with Gasteiger partial charge in [-0.3, -0.25) is 9.63 Å². The van der Waals surface area contributed by atoms with Crippen LogP contribution in [0.25, 0.3) is 0 Å². The van der Waals surface area contributed by atoms with E-state index in [1.807, 2.05) is 24.3 Å². The van der Waals surface area contributed by atoms with Crippen molar-refractivity contribution in [3.63, 3.8) is 0 Å². The summed E-state index contributed by atoms with van der Waals surface area (Å²) >= 11 is 0. The molecule has 1 aliphatic rings. The number of piperazine rings is 1. The van der Waals surface area contributed by atoms with Crippen LogP contribution < -0.4 is 9.64 Å². The van der Waals surface area contributed by atoms with Gasteiger partial charge in [-0.1, -0.05) is 16.6 Å². The highest BCUT2D eigenvalue weighted by Gasteiger charge is 2.25. The number of sulfonamides is 1. The number of hydrogen-bond acceptors (Lipinski definition) is 6. The van der Waals surface area contributed by atoms with Crippen LogP contribution in [0.3, 0.4) is 0 Å². The summed E-state index contributed by atoms with van der Waals surface area (Å²) in [6.45, 7) is 2.46. The van der Waals surface area contributed by atoms with Crippen LogP contribution in [0.1, 0.15) is 10.4 Å². The van der Waals surface area contributed by atoms with E-state index in [9.17, 15) is 13.2 Å². The molecule has 0 saturated carbocycles. The predicted molar refractivity (Wildman–Crippen MR) is 110 cm³/mol. The van der Waals surface area contributed by atoms with Crippen molar-refractivity contribution in [1.29, 1.82) is 0 Å². The molecule has 1 aliphatic heterocycles. The Balaban J connectivity index is 1.70. The van der Waals surface area contributed by atoms with Gasteiger partial charge in [-0.05, 0) is 30.3 Å². The Hall–Kier alpha value is -2.62. The lowest BCUT2D eigenvalue weighted by molar-refractivity contribution is -0.0258. The zero-order valence-electron chi connectivity index (χ0n) is 16.7. The number of anilines is 1. The Bertz CT molecular complexity index is 972. The Kier molecular flexibility index (Phi) is 6.41. The molecule has 1 fully saturated rings. The average Bonchev–Trinajstić information content (AvgIpc) is 2.78. The average molecular weight is 420 g/mol. The number of hydroxylamine groups is 1. The zero-order chi connectivity index (χ0) is 21.0. The Labute approximate surface area is 171 Å². The lowest BCUT2D eigenvalue weighted by atomic mass is 10.1. The van der Waals surface area contributed by atoms with Gasteiger partial charge in [0.25, 0.3) is 15.9 Å². The molecular weight excluding hydrogens is 394 g/mol. The van der Waals surface area contributed by atoms with Crippen molar-refractivity contribution in [2.75, 3.05) is 52.3 Å². The Morgan fingerprint density at radius 2 is 1.69 bits per heavy atom. The standard InChI is InChI=1S/C20H25N3O5S/c1-21(28-3)29(25,26)19-9-4-6-16(14-19)20(24)23-12-10-22(11-13-23)17-7-5-8-18(15-17)27-2/h4-9,14-15H,10-13H2,1-3H3. The molecule has 156 valence electrons. The van der Waals surface area contributed by atoms with E-state index in [0.717, 1.165) is 15.9 Å². The SMILES string of the molecule is COc1cccc(N2CCN(C(=O)c3cccc(S(=O)(=O)N(C)OC)c3)CC2)c1. The van der Waals surface area contributed by atoms with E-state index in [1.54, 1.807) is 24.1 Å². The van der Waals surface area contributed by atoms with Crippen LogP contribution >= 0.6 is 0 Å². The van der Waals surface area contributed by atoms with Crippen LogP contribution in [0.5, 0.6) is 5.75 Å². The van der Waals surface area contributed by atoms with Crippen LogP contribution in [0.15, 0.2) is 53.4 Å². The van der Waals surface area contributed by atoms with Crippen LogP contribution in [0.2, 0.25) is 0 Å². The molecule has 1 heterocycles. The van der Waals surface area contributed by atoms with Crippen molar-refractivity contribution in [2.45, 2.75) is 4.90 Å². The van der Waals surface area contributed by atoms with E-state index in [-0.39, 0.29) is 10.8 Å². The molecular formula is C20H25N3O5S. The van der Waals surface area contributed by atoms with Gasteiger partial charge >= 0.3 is 0 Å². The molecule has 0 N–H and O–H groups in total. The van der Waals surface area contributed by atoms with Crippen molar-refractivity contribution in [1.82, 2.24) is 9.37 Å². The first-order valence-corrected chi connectivity index (χ1v) is 10.6. The van der Waals surface area contributed by atoms with Gasteiger partial charge < -0.3 is 14.5 Å². The minimum Gasteiger partial charge on any atom is -0.497 e. The third-order valence-electron chi connectivity index (χ3n) is 4.96. The molecule has 1 saturated heterocycles. The first-order valence-electron chi connectivity index (χ1n) is 9.18. The second kappa shape index (κ2) is 8.81. The van der Waals surface area contributed by atoms with E-state index < -0.39 is 10.0 Å². The van der Waals surface area contributed by atoms with Gasteiger partial charge in [0, 0.05) is 50.5 Å². The van der Waals surface area contributed by atoms with Gasteiger partial charge in [-0.15, -0.1) is 0 Å². The number of hydrogen-bond donors (Lipinski definition) is 0. The van der Waals surface area contributed by atoms with Gasteiger partial charge in [0.05, 0.1) is 19.1 Å². The summed E-state index contributed by atoms with van der Waals surface area (Å²) < 4.78 is 30.9. The third kappa shape index (κ3) is 4.52. The number of nitrogens with zero attached hydrogens (tertiary/aromatic N) is 3. The fourth-order valence-corrected chi connectivity index (χ4v) is 4.21. The molecule has 2 aromatic rings. The van der Waals surface area contributed by atoms with Crippen molar-refractivity contribution in [3.8, 4) is 5.75 Å². The van der Waals surface area contributed by atoms with E-state index in [1.165, 1.54) is 26.3 Å². The highest BCUT2D eigenvalue weighted by atomic mass is 32.2. The van der Waals surface area contributed by atoms with Crippen LogP contribution in [-0.2, 0) is 14.9 Å². The zero-order valence-corrected chi connectivity index (χ0v) is 17.6. The largest absolute Gasteiger partial charge is 0.497 e. The first-order chi connectivity index (χ1) is 13.9. The second-order valence-electron chi connectivity index (χ2n) is 6.61. The Morgan fingerprint density at radius 3 is 2.34 bits per heavy atom. The number of rotatable bonds is 6. The molecule has 2 aromatic carbocycles. The van der Waals surface area contributed by atoms with Crippen molar-refractivity contribution >= 4 is 21.6 Å². The molecule has 3 rings (SSSR count). The molecule has 1 amide bonds. The van der Waals surface area contributed by atoms with Gasteiger partial charge in [0.15, 0.2) is 0 Å². The fraction of sp³-hybridized carbons (Fsp3) is 0.350. The maximum absolute atomic E-state index is 12.9. The summed E-state index contributed by atoms with van der Waals surface area (Å²) in [5, 5.41) is 0. The van der Waals surface area contributed by atoms with Gasteiger partial charge in [0.2, 0.25) is 0 Å². The van der Waals surface area contributed by atoms with Gasteiger partial charge in [-0.2, -0.15) is 0 Å². The molecule has 0 atom stereocenters. The summed E-state index contributed by atoms with van der Waals surface area (Å²) in [6.07, 6.45) is 0. The maximum atomic E-state index is 12.9. The maximum Gasteiger partial charge on any atom is 0.264 e. The number of amides is 1. The highest BCUT2D eigenvalue weighted by molar-refractivity contribution is 7.89. The monoisotopic (exact) mass is 419 g/mol. The lowest BCUT2D eigenvalue weighted by Gasteiger charge is -2.36. The van der Waals surface area contributed by atoms with Crippen molar-refractivity contribution in [2.24, 2.45) is 0 Å². The molecule has 29 heavy (non-hydrogen) atoms. The lowest BCUT2D eigenvalue weighted by Crippen LogP contribution is -2.48. The second-order valence-corrected chi connectivity index (χ2v) is 8.54. The van der Waals surface area contributed by atoms with Crippen LogP contribution in [0.4, 0.5) is 5.69 Å². The minimum atomic E-state index is -3.81. The Morgan fingerprint density at radius 1 is 1.00 bits per heavy atom. The summed E-state index contributed by atoms with van der Waals surface area (Å²) in [5.41, 5.74) is 1.39. The quantitative estimate of drug-likeness (QED) is 0.665. The third-order valence-corrected chi connectivity index (χ3v) is 6.64. The van der Waals surface area contributed by atoms with Crippen molar-refractivity contribution < 1.29 is 22.8 Å². The van der Waals surface area contributed by atoms with E-state index >= 15 is 0 Å². The first kappa shape index (κ1) is 21.1. The van der Waals surface area contributed by atoms with E-state index in [0.29, 0.717) is 31.7 Å². The molecule has 0 radical (unpaired) electrons. The number of methoxy groups -OCH3 is 1. The molecule has 0 bridgehead atoms. The smallest absolute Gasteiger partial charge is 0.264 e. The van der Waals surface area contributed by atoms with Gasteiger partial charge in [-0.25, -0.2) is 8.42 Å². The fourth-order valence-electron chi connectivity index (χ4n) is 3.19. The van der Waals surface area contributed by atoms with Gasteiger partial charge in [0.1, 0.15) is 5.75 Å². The van der Waals surface area contributed by atoms with E-state index in [4.69, 9.17) is 9.57 Å². The molecule has 9 heteroatoms. The molecule has 0 aliphatic carbocycles. The minimum absolute atomic E-state index is 0.0164. The summed E-state index contributed by atoms with van der Waals surface area (Å²) in [7, 11) is 0.406. The molecule has 0 aromatic heterocycles. The summed E-state index contributed by atoms with van der Waals surface area (Å²) in [4.78, 5) is 21.7. The number of ether oxygens (including phenoxy) is 1. The molecule has 0 unspecified atom stereocenters. The molecule has 0 spiro atoms. The number of carbonyl (C=O) groups excluding carboxylic acids is 1. The van der Waals surface area contributed by atoms with Crippen LogP contribution in [-0.4, -0.2) is 71.1 Å². The topological polar surface area (TPSA) is 79.4 Å². The van der Waals surface area contributed by atoms with Crippen molar-refractivity contribution in [3.05, 3.63) is 54.1 Å². The number of benzene rings is 2. The molecule has 8 nitrogen and oxygen atoms in total. The highest BCUT2D eigenvalue weighted by Crippen LogP contribution is 2.23. The normalized spacial score (nSPS) is 14.9. The van der Waals surface area contributed by atoms with E-state index in [2.05, 4.69) is 4.90 Å².